The highest BCUT2D eigenvalue weighted by Gasteiger charge is 2.13. The standard InChI is InChI=1S/C23H23N3O4/c1-16-5-2-3-6-18(16)14-24-22(27)15-26-23(28)10-8-19(25-26)17-7-9-20-21(13-17)30-12-4-11-29-20/h2-3,5-10,13H,4,11-12,14-15H2,1H3,(H,24,27). The summed E-state index contributed by atoms with van der Waals surface area (Å²) >= 11 is 0. The molecule has 1 aromatic heterocycles. The quantitative estimate of drug-likeness (QED) is 0.706. The molecule has 1 aliphatic rings. The Bertz CT molecular complexity index is 1120. The Hall–Kier alpha value is -3.61. The van der Waals surface area contributed by atoms with Gasteiger partial charge in [0.25, 0.3) is 5.56 Å². The topological polar surface area (TPSA) is 82.5 Å². The lowest BCUT2D eigenvalue weighted by molar-refractivity contribution is -0.122. The van der Waals surface area contributed by atoms with Crippen LogP contribution in [0.15, 0.2) is 59.4 Å². The number of nitrogens with one attached hydrogen (secondary N) is 1. The fourth-order valence-electron chi connectivity index (χ4n) is 3.23. The van der Waals surface area contributed by atoms with E-state index in [1.54, 1.807) is 6.07 Å². The van der Waals surface area contributed by atoms with Crippen LogP contribution in [-0.2, 0) is 17.9 Å². The number of amides is 1. The summed E-state index contributed by atoms with van der Waals surface area (Å²) in [6.07, 6.45) is 0.824. The van der Waals surface area contributed by atoms with Crippen LogP contribution in [0.25, 0.3) is 11.3 Å². The Morgan fingerprint density at radius 1 is 1.07 bits per heavy atom. The molecule has 2 heterocycles. The summed E-state index contributed by atoms with van der Waals surface area (Å²) < 4.78 is 12.6. The van der Waals surface area contributed by atoms with Gasteiger partial charge in [0.1, 0.15) is 6.54 Å². The number of carbonyl (C=O) groups excluding carboxylic acids is 1. The first-order chi connectivity index (χ1) is 14.6. The van der Waals surface area contributed by atoms with Crippen molar-refractivity contribution in [3.63, 3.8) is 0 Å². The highest BCUT2D eigenvalue weighted by Crippen LogP contribution is 2.33. The van der Waals surface area contributed by atoms with Crippen molar-refractivity contribution in [3.8, 4) is 22.8 Å². The van der Waals surface area contributed by atoms with E-state index in [-0.39, 0.29) is 18.0 Å². The zero-order valence-corrected chi connectivity index (χ0v) is 16.8. The Kier molecular flexibility index (Phi) is 5.79. The van der Waals surface area contributed by atoms with Crippen LogP contribution >= 0.6 is 0 Å². The predicted octanol–water partition coefficient (Wildman–Crippen LogP) is 2.70. The van der Waals surface area contributed by atoms with E-state index in [9.17, 15) is 9.59 Å². The van der Waals surface area contributed by atoms with E-state index in [0.717, 1.165) is 23.1 Å². The molecule has 3 aromatic rings. The molecular formula is C23H23N3O4. The maximum atomic E-state index is 12.4. The van der Waals surface area contributed by atoms with Crippen LogP contribution in [0, 0.1) is 6.92 Å². The lowest BCUT2D eigenvalue weighted by Gasteiger charge is -2.11. The maximum absolute atomic E-state index is 12.4. The van der Waals surface area contributed by atoms with E-state index in [2.05, 4.69) is 10.4 Å². The first-order valence-corrected chi connectivity index (χ1v) is 9.89. The van der Waals surface area contributed by atoms with Crippen molar-refractivity contribution in [3.05, 3.63) is 76.1 Å². The first kappa shape index (κ1) is 19.7. The fourth-order valence-corrected chi connectivity index (χ4v) is 3.23. The average molecular weight is 405 g/mol. The number of ether oxygens (including phenoxy) is 2. The van der Waals surface area contributed by atoms with Gasteiger partial charge < -0.3 is 14.8 Å². The molecule has 154 valence electrons. The fraction of sp³-hybridized carbons (Fsp3) is 0.261. The lowest BCUT2D eigenvalue weighted by Crippen LogP contribution is -2.33. The lowest BCUT2D eigenvalue weighted by atomic mass is 10.1. The molecule has 1 N–H and O–H groups in total. The normalized spacial score (nSPS) is 12.8. The summed E-state index contributed by atoms with van der Waals surface area (Å²) in [5, 5.41) is 7.22. The molecule has 0 aliphatic carbocycles. The van der Waals surface area contributed by atoms with Crippen molar-refractivity contribution in [2.45, 2.75) is 26.4 Å². The summed E-state index contributed by atoms with van der Waals surface area (Å²) in [6.45, 7) is 3.45. The van der Waals surface area contributed by atoms with E-state index < -0.39 is 0 Å². The van der Waals surface area contributed by atoms with Crippen molar-refractivity contribution in [2.75, 3.05) is 13.2 Å². The zero-order valence-electron chi connectivity index (χ0n) is 16.8. The summed E-state index contributed by atoms with van der Waals surface area (Å²) in [4.78, 5) is 24.6. The minimum Gasteiger partial charge on any atom is -0.490 e. The van der Waals surface area contributed by atoms with Crippen LogP contribution in [-0.4, -0.2) is 28.9 Å². The van der Waals surface area contributed by atoms with Gasteiger partial charge in [-0.2, -0.15) is 5.10 Å². The Morgan fingerprint density at radius 3 is 2.70 bits per heavy atom. The Labute approximate surface area is 174 Å². The number of nitrogens with zero attached hydrogens (tertiary/aromatic N) is 2. The van der Waals surface area contributed by atoms with Crippen molar-refractivity contribution >= 4 is 5.91 Å². The van der Waals surface area contributed by atoms with E-state index in [1.165, 1.54) is 10.7 Å². The minimum absolute atomic E-state index is 0.150. The second kappa shape index (κ2) is 8.82. The molecule has 0 saturated heterocycles. The monoisotopic (exact) mass is 405 g/mol. The number of aromatic nitrogens is 2. The number of hydrogen-bond acceptors (Lipinski definition) is 5. The van der Waals surface area contributed by atoms with Gasteiger partial charge in [0.2, 0.25) is 5.91 Å². The van der Waals surface area contributed by atoms with E-state index in [1.807, 2.05) is 49.4 Å². The van der Waals surface area contributed by atoms with Crippen LogP contribution in [0.3, 0.4) is 0 Å². The van der Waals surface area contributed by atoms with Crippen LogP contribution in [0.4, 0.5) is 0 Å². The van der Waals surface area contributed by atoms with Gasteiger partial charge in [-0.15, -0.1) is 0 Å². The molecule has 2 aromatic carbocycles. The van der Waals surface area contributed by atoms with Crippen molar-refractivity contribution < 1.29 is 14.3 Å². The smallest absolute Gasteiger partial charge is 0.267 e. The number of carbonyl (C=O) groups is 1. The van der Waals surface area contributed by atoms with Gasteiger partial charge >= 0.3 is 0 Å². The molecule has 0 fully saturated rings. The van der Waals surface area contributed by atoms with Crippen LogP contribution < -0.4 is 20.3 Å². The third-order valence-corrected chi connectivity index (χ3v) is 4.94. The molecule has 1 amide bonds. The highest BCUT2D eigenvalue weighted by molar-refractivity contribution is 5.75. The van der Waals surface area contributed by atoms with Gasteiger partial charge in [-0.25, -0.2) is 4.68 Å². The number of rotatable bonds is 5. The third-order valence-electron chi connectivity index (χ3n) is 4.94. The second-order valence-corrected chi connectivity index (χ2v) is 7.13. The number of benzene rings is 2. The van der Waals surface area contributed by atoms with Gasteiger partial charge in [0.15, 0.2) is 11.5 Å². The summed E-state index contributed by atoms with van der Waals surface area (Å²) in [6, 6.07) is 16.4. The summed E-state index contributed by atoms with van der Waals surface area (Å²) in [5.41, 5.74) is 3.17. The molecule has 0 atom stereocenters. The van der Waals surface area contributed by atoms with Gasteiger partial charge in [0, 0.05) is 24.6 Å². The van der Waals surface area contributed by atoms with E-state index >= 15 is 0 Å². The third kappa shape index (κ3) is 4.51. The van der Waals surface area contributed by atoms with Crippen molar-refractivity contribution in [2.24, 2.45) is 0 Å². The van der Waals surface area contributed by atoms with Gasteiger partial charge in [-0.1, -0.05) is 24.3 Å². The minimum atomic E-state index is -0.334. The summed E-state index contributed by atoms with van der Waals surface area (Å²) in [5.74, 6) is 1.07. The van der Waals surface area contributed by atoms with Gasteiger partial charge in [-0.05, 0) is 42.3 Å². The molecule has 30 heavy (non-hydrogen) atoms. The number of aryl methyl sites for hydroxylation is 1. The molecule has 7 nitrogen and oxygen atoms in total. The molecule has 7 heteroatoms. The molecule has 4 rings (SSSR count). The first-order valence-electron chi connectivity index (χ1n) is 9.89. The van der Waals surface area contributed by atoms with Crippen LogP contribution in [0.1, 0.15) is 17.5 Å². The molecule has 1 aliphatic heterocycles. The summed E-state index contributed by atoms with van der Waals surface area (Å²) in [7, 11) is 0. The highest BCUT2D eigenvalue weighted by atomic mass is 16.5. The van der Waals surface area contributed by atoms with E-state index in [4.69, 9.17) is 9.47 Å². The molecule has 0 spiro atoms. The zero-order chi connectivity index (χ0) is 20.9. The number of hydrogen-bond donors (Lipinski definition) is 1. The SMILES string of the molecule is Cc1ccccc1CNC(=O)Cn1nc(-c2ccc3c(c2)OCCCO3)ccc1=O. The largest absolute Gasteiger partial charge is 0.490 e. The average Bonchev–Trinajstić information content (AvgIpc) is 2.99. The Morgan fingerprint density at radius 2 is 1.87 bits per heavy atom. The Balaban J connectivity index is 1.49. The van der Waals surface area contributed by atoms with Crippen LogP contribution in [0.5, 0.6) is 11.5 Å². The molecular weight excluding hydrogens is 382 g/mol. The van der Waals surface area contributed by atoms with Crippen LogP contribution in [0.2, 0.25) is 0 Å². The molecule has 0 unspecified atom stereocenters. The van der Waals surface area contributed by atoms with Crippen molar-refractivity contribution in [1.29, 1.82) is 0 Å². The molecule has 0 radical (unpaired) electrons. The van der Waals surface area contributed by atoms with Gasteiger partial charge in [0.05, 0.1) is 18.9 Å². The second-order valence-electron chi connectivity index (χ2n) is 7.13. The van der Waals surface area contributed by atoms with Gasteiger partial charge in [-0.3, -0.25) is 9.59 Å². The predicted molar refractivity (Wildman–Crippen MR) is 113 cm³/mol. The maximum Gasteiger partial charge on any atom is 0.267 e. The number of fused-ring (bicyclic) bond motifs is 1. The van der Waals surface area contributed by atoms with E-state index in [0.29, 0.717) is 37.0 Å². The van der Waals surface area contributed by atoms with Crippen molar-refractivity contribution in [1.82, 2.24) is 15.1 Å². The molecule has 0 saturated carbocycles. The molecule has 0 bridgehead atoms.